The number of ether oxygens (including phenoxy) is 2. The first kappa shape index (κ1) is 28.2. The molecule has 4 nitrogen and oxygen atoms in total. The number of carbonyl (C=O) groups is 2. The highest BCUT2D eigenvalue weighted by Crippen LogP contribution is 2.28. The van der Waals surface area contributed by atoms with Gasteiger partial charge in [-0.15, -0.1) is 0 Å². The standard InChI is InChI=1S/C28H46O4/c1-21(2)9-7-11-23(5)13-15-31-27-17-26(20-30)28(18-25(27)19-29)32-16-14-24(6)12-8-10-22(3)4/h17-24H,7-16H2,1-6H3/t23-,24+. The highest BCUT2D eigenvalue weighted by atomic mass is 16.5. The normalized spacial score (nSPS) is 13.2. The zero-order valence-electron chi connectivity index (χ0n) is 21.3. The van der Waals surface area contributed by atoms with Crippen LogP contribution >= 0.6 is 0 Å². The smallest absolute Gasteiger partial charge is 0.153 e. The molecule has 0 saturated carbocycles. The summed E-state index contributed by atoms with van der Waals surface area (Å²) in [4.78, 5) is 23.2. The number of carbonyl (C=O) groups excluding carboxylic acids is 2. The van der Waals surface area contributed by atoms with Crippen LogP contribution in [0, 0.1) is 23.7 Å². The molecule has 0 aliphatic heterocycles. The summed E-state index contributed by atoms with van der Waals surface area (Å²) in [6, 6.07) is 3.28. The molecule has 0 unspecified atom stereocenters. The van der Waals surface area contributed by atoms with Crippen molar-refractivity contribution < 1.29 is 19.1 Å². The number of rotatable bonds is 18. The average molecular weight is 447 g/mol. The summed E-state index contributed by atoms with van der Waals surface area (Å²) < 4.78 is 11.8. The summed E-state index contributed by atoms with van der Waals surface area (Å²) in [5, 5.41) is 0. The SMILES string of the molecule is CC(C)CCC[C@@H](C)CCOc1cc(C=O)c(OCC[C@@H](C)CCCC(C)C)cc1C=O. The lowest BCUT2D eigenvalue weighted by atomic mass is 9.97. The van der Waals surface area contributed by atoms with E-state index < -0.39 is 0 Å². The Morgan fingerprint density at radius 3 is 1.31 bits per heavy atom. The minimum absolute atomic E-state index is 0.433. The van der Waals surface area contributed by atoms with Crippen molar-refractivity contribution in [1.82, 2.24) is 0 Å². The van der Waals surface area contributed by atoms with Gasteiger partial charge in [0, 0.05) is 0 Å². The second-order valence-electron chi connectivity index (χ2n) is 10.3. The molecule has 32 heavy (non-hydrogen) atoms. The van der Waals surface area contributed by atoms with Gasteiger partial charge in [0.25, 0.3) is 0 Å². The van der Waals surface area contributed by atoms with Crippen molar-refractivity contribution in [3.63, 3.8) is 0 Å². The molecule has 0 aromatic heterocycles. The lowest BCUT2D eigenvalue weighted by Crippen LogP contribution is -2.08. The lowest BCUT2D eigenvalue weighted by Gasteiger charge is -2.16. The van der Waals surface area contributed by atoms with Gasteiger partial charge in [0.05, 0.1) is 24.3 Å². The number of hydrogen-bond donors (Lipinski definition) is 0. The molecular formula is C28H46O4. The molecule has 0 aliphatic rings. The van der Waals surface area contributed by atoms with Crippen LogP contribution in [0.25, 0.3) is 0 Å². The minimum atomic E-state index is 0.433. The third-order valence-corrected chi connectivity index (χ3v) is 6.09. The van der Waals surface area contributed by atoms with Crippen LogP contribution in [0.5, 0.6) is 11.5 Å². The van der Waals surface area contributed by atoms with Crippen LogP contribution in [0.1, 0.15) is 114 Å². The van der Waals surface area contributed by atoms with Gasteiger partial charge in [0.1, 0.15) is 11.5 Å². The highest BCUT2D eigenvalue weighted by Gasteiger charge is 2.13. The Balaban J connectivity index is 2.57. The second kappa shape index (κ2) is 15.9. The van der Waals surface area contributed by atoms with Gasteiger partial charge < -0.3 is 9.47 Å². The van der Waals surface area contributed by atoms with E-state index in [1.165, 1.54) is 38.5 Å². The van der Waals surface area contributed by atoms with Crippen molar-refractivity contribution >= 4 is 12.6 Å². The summed E-state index contributed by atoms with van der Waals surface area (Å²) >= 11 is 0. The van der Waals surface area contributed by atoms with Crippen LogP contribution in [0.3, 0.4) is 0 Å². The summed E-state index contributed by atoms with van der Waals surface area (Å²) in [7, 11) is 0. The Kier molecular flexibility index (Phi) is 14.0. The Labute approximate surface area is 196 Å². The van der Waals surface area contributed by atoms with Crippen LogP contribution in [0.2, 0.25) is 0 Å². The molecule has 4 heteroatoms. The Morgan fingerprint density at radius 1 is 0.625 bits per heavy atom. The molecule has 0 aliphatic carbocycles. The Hall–Kier alpha value is -1.84. The fourth-order valence-electron chi connectivity index (χ4n) is 3.80. The molecule has 0 spiro atoms. The number of benzene rings is 1. The van der Waals surface area contributed by atoms with Crippen molar-refractivity contribution in [3.8, 4) is 11.5 Å². The zero-order valence-corrected chi connectivity index (χ0v) is 21.3. The minimum Gasteiger partial charge on any atom is -0.493 e. The van der Waals surface area contributed by atoms with Crippen LogP contribution in [0.15, 0.2) is 12.1 Å². The molecule has 0 bridgehead atoms. The third-order valence-electron chi connectivity index (χ3n) is 6.09. The molecule has 1 aromatic rings. The molecule has 0 heterocycles. The maximum absolute atomic E-state index is 11.6. The number of aldehydes is 2. The van der Waals surface area contributed by atoms with E-state index in [1.807, 2.05) is 0 Å². The number of hydrogen-bond acceptors (Lipinski definition) is 4. The van der Waals surface area contributed by atoms with E-state index in [9.17, 15) is 9.59 Å². The van der Waals surface area contributed by atoms with E-state index in [0.29, 0.717) is 47.7 Å². The second-order valence-corrected chi connectivity index (χ2v) is 10.3. The fourth-order valence-corrected chi connectivity index (χ4v) is 3.80. The maximum Gasteiger partial charge on any atom is 0.153 e. The van der Waals surface area contributed by atoms with Crippen molar-refractivity contribution in [2.75, 3.05) is 13.2 Å². The van der Waals surface area contributed by atoms with E-state index in [2.05, 4.69) is 41.5 Å². The molecule has 1 aromatic carbocycles. The molecule has 182 valence electrons. The van der Waals surface area contributed by atoms with Gasteiger partial charge in [0.2, 0.25) is 0 Å². The molecular weight excluding hydrogens is 400 g/mol. The Morgan fingerprint density at radius 2 is 1.00 bits per heavy atom. The third kappa shape index (κ3) is 11.7. The predicted octanol–water partition coefficient (Wildman–Crippen LogP) is 7.77. The van der Waals surface area contributed by atoms with E-state index in [0.717, 1.165) is 37.2 Å². The molecule has 0 saturated heterocycles. The van der Waals surface area contributed by atoms with E-state index in [1.54, 1.807) is 12.1 Å². The average Bonchev–Trinajstić information content (AvgIpc) is 2.73. The monoisotopic (exact) mass is 446 g/mol. The summed E-state index contributed by atoms with van der Waals surface area (Å²) in [5.74, 6) is 3.55. The van der Waals surface area contributed by atoms with Gasteiger partial charge in [-0.1, -0.05) is 80.1 Å². The van der Waals surface area contributed by atoms with E-state index >= 15 is 0 Å². The molecule has 0 amide bonds. The van der Waals surface area contributed by atoms with Gasteiger partial charge in [-0.2, -0.15) is 0 Å². The lowest BCUT2D eigenvalue weighted by molar-refractivity contribution is 0.110. The van der Waals surface area contributed by atoms with Crippen LogP contribution < -0.4 is 9.47 Å². The summed E-state index contributed by atoms with van der Waals surface area (Å²) in [5.41, 5.74) is 0.867. The quantitative estimate of drug-likeness (QED) is 0.216. The zero-order chi connectivity index (χ0) is 23.9. The summed E-state index contributed by atoms with van der Waals surface area (Å²) in [6.45, 7) is 14.6. The summed E-state index contributed by atoms with van der Waals surface area (Å²) in [6.07, 6.45) is 10.7. The molecule has 0 radical (unpaired) electrons. The van der Waals surface area contributed by atoms with Gasteiger partial charge in [-0.25, -0.2) is 0 Å². The van der Waals surface area contributed by atoms with E-state index in [-0.39, 0.29) is 0 Å². The van der Waals surface area contributed by atoms with Gasteiger partial charge in [-0.05, 0) is 48.6 Å². The fraction of sp³-hybridized carbons (Fsp3) is 0.714. The van der Waals surface area contributed by atoms with Gasteiger partial charge in [-0.3, -0.25) is 9.59 Å². The van der Waals surface area contributed by atoms with Crippen molar-refractivity contribution in [3.05, 3.63) is 23.3 Å². The topological polar surface area (TPSA) is 52.6 Å². The van der Waals surface area contributed by atoms with Crippen LogP contribution in [0.4, 0.5) is 0 Å². The molecule has 1 rings (SSSR count). The van der Waals surface area contributed by atoms with E-state index in [4.69, 9.17) is 9.47 Å². The van der Waals surface area contributed by atoms with Gasteiger partial charge >= 0.3 is 0 Å². The first-order valence-electron chi connectivity index (χ1n) is 12.6. The molecule has 0 N–H and O–H groups in total. The van der Waals surface area contributed by atoms with Crippen molar-refractivity contribution in [2.45, 2.75) is 92.9 Å². The first-order chi connectivity index (χ1) is 15.3. The largest absolute Gasteiger partial charge is 0.493 e. The maximum atomic E-state index is 11.6. The predicted molar refractivity (Wildman–Crippen MR) is 133 cm³/mol. The molecule has 0 fully saturated rings. The van der Waals surface area contributed by atoms with Gasteiger partial charge in [0.15, 0.2) is 12.6 Å². The van der Waals surface area contributed by atoms with Crippen molar-refractivity contribution in [1.29, 1.82) is 0 Å². The van der Waals surface area contributed by atoms with Crippen molar-refractivity contribution in [2.24, 2.45) is 23.7 Å². The van der Waals surface area contributed by atoms with Crippen LogP contribution in [-0.2, 0) is 0 Å². The Bertz CT molecular complexity index is 608. The highest BCUT2D eigenvalue weighted by molar-refractivity contribution is 5.87. The van der Waals surface area contributed by atoms with Crippen LogP contribution in [-0.4, -0.2) is 25.8 Å². The molecule has 2 atom stereocenters. The first-order valence-corrected chi connectivity index (χ1v) is 12.6.